The number of benzene rings is 2. The summed E-state index contributed by atoms with van der Waals surface area (Å²) in [5.41, 5.74) is 0.909. The smallest absolute Gasteiger partial charge is 0.321 e. The van der Waals surface area contributed by atoms with Gasteiger partial charge in [-0.25, -0.2) is 0 Å². The second kappa shape index (κ2) is 5.85. The highest BCUT2D eigenvalue weighted by atomic mass is 16.5. The zero-order valence-corrected chi connectivity index (χ0v) is 15.0. The fourth-order valence-electron chi connectivity index (χ4n) is 4.72. The van der Waals surface area contributed by atoms with Crippen LogP contribution in [-0.4, -0.2) is 36.6 Å². The molecule has 4 heteroatoms. The van der Waals surface area contributed by atoms with Crippen LogP contribution < -0.4 is 4.74 Å². The van der Waals surface area contributed by atoms with Crippen molar-refractivity contribution in [3.63, 3.8) is 0 Å². The van der Waals surface area contributed by atoms with Crippen molar-refractivity contribution >= 4 is 5.97 Å². The summed E-state index contributed by atoms with van der Waals surface area (Å²) in [5.74, 6) is 1.80. The lowest BCUT2D eigenvalue weighted by Crippen LogP contribution is -2.53. The average molecular weight is 349 g/mol. The third-order valence-electron chi connectivity index (χ3n) is 6.33. The number of hydrogen-bond donors (Lipinski definition) is 0. The lowest BCUT2D eigenvalue weighted by molar-refractivity contribution is -0.163. The normalized spacial score (nSPS) is 27.8. The van der Waals surface area contributed by atoms with Crippen molar-refractivity contribution in [3.8, 4) is 11.5 Å². The molecule has 26 heavy (non-hydrogen) atoms. The van der Waals surface area contributed by atoms with E-state index in [4.69, 9.17) is 9.47 Å². The molecule has 134 valence electrons. The van der Waals surface area contributed by atoms with Gasteiger partial charge in [-0.3, -0.25) is 9.69 Å². The van der Waals surface area contributed by atoms with Gasteiger partial charge >= 0.3 is 5.97 Å². The number of fused-ring (bicyclic) bond motifs is 5. The molecule has 0 spiro atoms. The number of nitrogens with zero attached hydrogens (tertiary/aromatic N) is 1. The Morgan fingerprint density at radius 2 is 1.62 bits per heavy atom. The number of esters is 1. The summed E-state index contributed by atoms with van der Waals surface area (Å²) in [6.07, 6.45) is 2.26. The number of piperidine rings is 3. The molecule has 4 aliphatic rings. The van der Waals surface area contributed by atoms with E-state index in [9.17, 15) is 4.79 Å². The summed E-state index contributed by atoms with van der Waals surface area (Å²) in [5, 5.41) is 0. The molecule has 3 fully saturated rings. The van der Waals surface area contributed by atoms with Crippen LogP contribution in [0.15, 0.2) is 48.5 Å². The highest BCUT2D eigenvalue weighted by molar-refractivity contribution is 5.90. The Labute approximate surface area is 153 Å². The number of rotatable bonds is 2. The number of hydrogen-bond acceptors (Lipinski definition) is 4. The molecule has 4 heterocycles. The summed E-state index contributed by atoms with van der Waals surface area (Å²) in [6.45, 7) is 5.11. The molecule has 0 aliphatic carbocycles. The Balaban J connectivity index is 1.53. The first-order valence-corrected chi connectivity index (χ1v) is 9.46. The minimum atomic E-state index is -0.850. The quantitative estimate of drug-likeness (QED) is 0.775. The van der Waals surface area contributed by atoms with E-state index in [-0.39, 0.29) is 12.1 Å². The van der Waals surface area contributed by atoms with Crippen LogP contribution in [0.2, 0.25) is 0 Å². The maximum Gasteiger partial charge on any atom is 0.321 e. The van der Waals surface area contributed by atoms with E-state index in [2.05, 4.69) is 4.90 Å². The molecule has 4 aliphatic heterocycles. The van der Waals surface area contributed by atoms with E-state index in [0.29, 0.717) is 5.92 Å². The van der Waals surface area contributed by atoms with E-state index >= 15 is 0 Å². The zero-order chi connectivity index (χ0) is 17.7. The van der Waals surface area contributed by atoms with Gasteiger partial charge in [-0.15, -0.1) is 0 Å². The van der Waals surface area contributed by atoms with Gasteiger partial charge < -0.3 is 9.47 Å². The summed E-state index contributed by atoms with van der Waals surface area (Å²) < 4.78 is 12.2. The maximum absolute atomic E-state index is 13.5. The predicted octanol–water partition coefficient (Wildman–Crippen LogP) is 3.74. The maximum atomic E-state index is 13.5. The molecule has 2 aromatic rings. The standard InChI is InChI=1S/C22H23NO3/c1-22(21(24)26-20-14-23-12-10-15(20)11-13-23)16-6-2-4-8-18(16)25-19-9-5-3-7-17(19)22/h2-9,15,20H,10-14H2,1H3/t20-/m0/s1. The van der Waals surface area contributed by atoms with Crippen LogP contribution in [-0.2, 0) is 14.9 Å². The SMILES string of the molecule is CC1(C(=O)O[C@H]2CN3CCC2CC3)c2ccccc2Oc2ccccc21. The number of ether oxygens (including phenoxy) is 2. The van der Waals surface area contributed by atoms with Gasteiger partial charge in [0.15, 0.2) is 0 Å². The van der Waals surface area contributed by atoms with Gasteiger partial charge in [0.25, 0.3) is 0 Å². The Morgan fingerprint density at radius 1 is 1.04 bits per heavy atom. The third-order valence-corrected chi connectivity index (χ3v) is 6.33. The van der Waals surface area contributed by atoms with Crippen molar-refractivity contribution in [2.24, 2.45) is 5.92 Å². The van der Waals surface area contributed by atoms with E-state index in [1.807, 2.05) is 55.5 Å². The van der Waals surface area contributed by atoms with Crippen molar-refractivity contribution in [1.29, 1.82) is 0 Å². The molecule has 2 bridgehead atoms. The van der Waals surface area contributed by atoms with Crippen LogP contribution in [0, 0.1) is 5.92 Å². The molecule has 2 aromatic carbocycles. The molecular formula is C22H23NO3. The first-order chi connectivity index (χ1) is 12.7. The molecule has 0 saturated carbocycles. The molecule has 6 rings (SSSR count). The Bertz CT molecular complexity index is 808. The number of para-hydroxylation sites is 2. The van der Waals surface area contributed by atoms with E-state index in [1.54, 1.807) is 0 Å². The first kappa shape index (κ1) is 15.9. The molecule has 0 amide bonds. The predicted molar refractivity (Wildman–Crippen MR) is 98.5 cm³/mol. The van der Waals surface area contributed by atoms with Crippen molar-refractivity contribution in [2.45, 2.75) is 31.3 Å². The third kappa shape index (κ3) is 2.28. The van der Waals surface area contributed by atoms with E-state index in [1.165, 1.54) is 0 Å². The van der Waals surface area contributed by atoms with Crippen LogP contribution in [0.25, 0.3) is 0 Å². The molecule has 0 aromatic heterocycles. The van der Waals surface area contributed by atoms with Crippen molar-refractivity contribution in [1.82, 2.24) is 4.90 Å². The Morgan fingerprint density at radius 3 is 2.15 bits per heavy atom. The summed E-state index contributed by atoms with van der Waals surface area (Å²) in [7, 11) is 0. The molecular weight excluding hydrogens is 326 g/mol. The van der Waals surface area contributed by atoms with Crippen LogP contribution in [0.5, 0.6) is 11.5 Å². The molecule has 0 radical (unpaired) electrons. The van der Waals surface area contributed by atoms with Gasteiger partial charge in [-0.05, 0) is 50.9 Å². The first-order valence-electron chi connectivity index (χ1n) is 9.46. The van der Waals surface area contributed by atoms with E-state index < -0.39 is 5.41 Å². The number of carbonyl (C=O) groups is 1. The average Bonchev–Trinajstić information content (AvgIpc) is 2.69. The van der Waals surface area contributed by atoms with Gasteiger partial charge in [0.1, 0.15) is 23.0 Å². The van der Waals surface area contributed by atoms with Crippen LogP contribution >= 0.6 is 0 Å². The molecule has 0 N–H and O–H groups in total. The van der Waals surface area contributed by atoms with E-state index in [0.717, 1.165) is 55.1 Å². The number of carbonyl (C=O) groups excluding carboxylic acids is 1. The fourth-order valence-corrected chi connectivity index (χ4v) is 4.72. The van der Waals surface area contributed by atoms with Gasteiger partial charge in [-0.2, -0.15) is 0 Å². The zero-order valence-electron chi connectivity index (χ0n) is 15.0. The second-order valence-corrected chi connectivity index (χ2v) is 7.80. The van der Waals surface area contributed by atoms with Gasteiger partial charge in [0.05, 0.1) is 0 Å². The monoisotopic (exact) mass is 349 g/mol. The van der Waals surface area contributed by atoms with Gasteiger partial charge in [-0.1, -0.05) is 36.4 Å². The summed E-state index contributed by atoms with van der Waals surface area (Å²) in [4.78, 5) is 15.9. The largest absolute Gasteiger partial charge is 0.460 e. The second-order valence-electron chi connectivity index (χ2n) is 7.80. The highest BCUT2D eigenvalue weighted by Crippen LogP contribution is 2.48. The van der Waals surface area contributed by atoms with Crippen molar-refractivity contribution in [3.05, 3.63) is 59.7 Å². The van der Waals surface area contributed by atoms with Crippen LogP contribution in [0.4, 0.5) is 0 Å². The fraction of sp³-hybridized carbons (Fsp3) is 0.409. The van der Waals surface area contributed by atoms with Gasteiger partial charge in [0.2, 0.25) is 0 Å². The highest BCUT2D eigenvalue weighted by Gasteiger charge is 2.47. The Kier molecular flexibility index (Phi) is 3.57. The van der Waals surface area contributed by atoms with Crippen molar-refractivity contribution in [2.75, 3.05) is 19.6 Å². The summed E-state index contributed by atoms with van der Waals surface area (Å²) in [6, 6.07) is 15.6. The van der Waals surface area contributed by atoms with Crippen LogP contribution in [0.1, 0.15) is 30.9 Å². The minimum Gasteiger partial charge on any atom is -0.460 e. The van der Waals surface area contributed by atoms with Gasteiger partial charge in [0, 0.05) is 17.7 Å². The molecule has 3 saturated heterocycles. The molecule has 0 unspecified atom stereocenters. The Hall–Kier alpha value is -2.33. The minimum absolute atomic E-state index is 0.00370. The van der Waals surface area contributed by atoms with Crippen LogP contribution in [0.3, 0.4) is 0 Å². The lowest BCUT2D eigenvalue weighted by atomic mass is 9.74. The lowest BCUT2D eigenvalue weighted by Gasteiger charge is -2.45. The van der Waals surface area contributed by atoms with Crippen molar-refractivity contribution < 1.29 is 14.3 Å². The molecule has 1 atom stereocenters. The molecule has 4 nitrogen and oxygen atoms in total. The topological polar surface area (TPSA) is 38.8 Å². The summed E-state index contributed by atoms with van der Waals surface area (Å²) >= 11 is 0.